The minimum Gasteiger partial charge on any atom is -0.481 e. The number of hydrogen-bond acceptors (Lipinski definition) is 2. The van der Waals surface area contributed by atoms with Crippen LogP contribution >= 0.6 is 0 Å². The Morgan fingerprint density at radius 3 is 2.50 bits per heavy atom. The number of nitrogens with zero attached hydrogens (tertiary/aromatic N) is 1. The number of hydrogen-bond donors (Lipinski definition) is 1. The highest BCUT2D eigenvalue weighted by molar-refractivity contribution is 5.71. The largest absolute Gasteiger partial charge is 0.481 e. The van der Waals surface area contributed by atoms with Crippen molar-refractivity contribution in [1.29, 1.82) is 0 Å². The quantitative estimate of drug-likeness (QED) is 0.899. The number of carboxylic acids is 1. The van der Waals surface area contributed by atoms with E-state index < -0.39 is 5.97 Å². The molecule has 4 atom stereocenters. The van der Waals surface area contributed by atoms with Gasteiger partial charge < -0.3 is 5.11 Å². The van der Waals surface area contributed by atoms with Gasteiger partial charge in [0.15, 0.2) is 0 Å². The highest BCUT2D eigenvalue weighted by Gasteiger charge is 2.39. The first-order valence-corrected chi connectivity index (χ1v) is 7.63. The van der Waals surface area contributed by atoms with Crippen LogP contribution in [0.2, 0.25) is 0 Å². The molecule has 1 N–H and O–H groups in total. The Morgan fingerprint density at radius 1 is 1.15 bits per heavy atom. The molecule has 1 saturated heterocycles. The second-order valence-electron chi connectivity index (χ2n) is 6.50. The lowest BCUT2D eigenvalue weighted by atomic mass is 9.80. The maximum Gasteiger partial charge on any atom is 0.308 e. The summed E-state index contributed by atoms with van der Waals surface area (Å²) in [7, 11) is 0. The van der Waals surface area contributed by atoms with Crippen LogP contribution in [0.1, 0.15) is 49.8 Å². The highest BCUT2D eigenvalue weighted by Crippen LogP contribution is 2.42. The van der Waals surface area contributed by atoms with Gasteiger partial charge in [-0.25, -0.2) is 0 Å². The second-order valence-corrected chi connectivity index (χ2v) is 6.50. The molecule has 0 saturated carbocycles. The maximum absolute atomic E-state index is 11.3. The fraction of sp³-hybridized carbons (Fsp3) is 0.588. The molecular weight excluding hydrogens is 250 g/mol. The molecule has 3 rings (SSSR count). The van der Waals surface area contributed by atoms with Crippen LogP contribution in [0, 0.1) is 11.8 Å². The predicted octanol–water partition coefficient (Wildman–Crippen LogP) is 3.28. The van der Waals surface area contributed by atoms with Crippen molar-refractivity contribution in [3.63, 3.8) is 0 Å². The fourth-order valence-corrected chi connectivity index (χ4v) is 3.94. The molecule has 0 amide bonds. The van der Waals surface area contributed by atoms with Gasteiger partial charge in [-0.3, -0.25) is 9.69 Å². The van der Waals surface area contributed by atoms with Gasteiger partial charge in [0.25, 0.3) is 0 Å². The molecule has 4 unspecified atom stereocenters. The van der Waals surface area contributed by atoms with Crippen LogP contribution < -0.4 is 0 Å². The molecule has 1 aromatic carbocycles. The Hall–Kier alpha value is -1.35. The van der Waals surface area contributed by atoms with Crippen LogP contribution in [0.4, 0.5) is 0 Å². The van der Waals surface area contributed by atoms with Gasteiger partial charge in [0.05, 0.1) is 5.92 Å². The molecular formula is C17H23NO2. The lowest BCUT2D eigenvalue weighted by Gasteiger charge is -2.35. The normalized spacial score (nSPS) is 33.9. The molecule has 0 aromatic heterocycles. The number of carbonyl (C=O) groups is 1. The third-order valence-electron chi connectivity index (χ3n) is 5.16. The lowest BCUT2D eigenvalue weighted by Crippen LogP contribution is -2.31. The summed E-state index contributed by atoms with van der Waals surface area (Å²) >= 11 is 0. The Labute approximate surface area is 120 Å². The van der Waals surface area contributed by atoms with Crippen LogP contribution in [0.25, 0.3) is 0 Å². The smallest absolute Gasteiger partial charge is 0.308 e. The number of fused-ring (bicyclic) bond motifs is 1. The molecule has 0 bridgehead atoms. The standard InChI is InChI=1S/C17H23NO2/c1-11-7-8-16(14-6-4-3-5-13(11)14)18-9-12(2)15(10-18)17(19)20/h3-6,11-12,15-16H,7-10H2,1-2H3,(H,19,20). The summed E-state index contributed by atoms with van der Waals surface area (Å²) in [4.78, 5) is 13.7. The fourth-order valence-electron chi connectivity index (χ4n) is 3.94. The van der Waals surface area contributed by atoms with Crippen molar-refractivity contribution in [1.82, 2.24) is 4.90 Å². The molecule has 20 heavy (non-hydrogen) atoms. The van der Waals surface area contributed by atoms with Gasteiger partial charge in [-0.2, -0.15) is 0 Å². The van der Waals surface area contributed by atoms with Crippen LogP contribution in [0.5, 0.6) is 0 Å². The summed E-state index contributed by atoms with van der Waals surface area (Å²) in [6, 6.07) is 9.10. The Balaban J connectivity index is 1.86. The van der Waals surface area contributed by atoms with Crippen molar-refractivity contribution in [2.45, 2.75) is 38.6 Å². The number of carboxylic acid groups (broad SMARTS) is 1. The molecule has 1 aliphatic carbocycles. The Morgan fingerprint density at radius 2 is 1.85 bits per heavy atom. The van der Waals surface area contributed by atoms with E-state index in [-0.39, 0.29) is 11.8 Å². The zero-order valence-electron chi connectivity index (χ0n) is 12.2. The van der Waals surface area contributed by atoms with Crippen molar-refractivity contribution >= 4 is 5.97 Å². The van der Waals surface area contributed by atoms with Crippen LogP contribution in [-0.4, -0.2) is 29.1 Å². The maximum atomic E-state index is 11.3. The summed E-state index contributed by atoms with van der Waals surface area (Å²) in [6.45, 7) is 5.96. The van der Waals surface area contributed by atoms with Crippen molar-refractivity contribution in [2.24, 2.45) is 11.8 Å². The molecule has 2 aliphatic rings. The summed E-state index contributed by atoms with van der Waals surface area (Å²) in [5, 5.41) is 9.31. The lowest BCUT2D eigenvalue weighted by molar-refractivity contribution is -0.142. The first kappa shape index (κ1) is 13.6. The van der Waals surface area contributed by atoms with Crippen molar-refractivity contribution in [3.8, 4) is 0 Å². The first-order valence-electron chi connectivity index (χ1n) is 7.63. The minimum absolute atomic E-state index is 0.207. The molecule has 3 heteroatoms. The van der Waals surface area contributed by atoms with E-state index >= 15 is 0 Å². The first-order chi connectivity index (χ1) is 9.58. The van der Waals surface area contributed by atoms with Crippen LogP contribution in [0.3, 0.4) is 0 Å². The highest BCUT2D eigenvalue weighted by atomic mass is 16.4. The van der Waals surface area contributed by atoms with E-state index in [1.807, 2.05) is 0 Å². The second kappa shape index (κ2) is 5.21. The van der Waals surface area contributed by atoms with E-state index in [1.54, 1.807) is 0 Å². The summed E-state index contributed by atoms with van der Waals surface area (Å²) in [5.41, 5.74) is 2.87. The average molecular weight is 273 g/mol. The predicted molar refractivity (Wildman–Crippen MR) is 78.7 cm³/mol. The van der Waals surface area contributed by atoms with Crippen molar-refractivity contribution in [3.05, 3.63) is 35.4 Å². The molecule has 1 aliphatic heterocycles. The van der Waals surface area contributed by atoms with Gasteiger partial charge in [0, 0.05) is 19.1 Å². The minimum atomic E-state index is -0.641. The Kier molecular flexibility index (Phi) is 3.55. The molecule has 3 nitrogen and oxygen atoms in total. The van der Waals surface area contributed by atoms with Crippen LogP contribution in [0.15, 0.2) is 24.3 Å². The monoisotopic (exact) mass is 273 g/mol. The van der Waals surface area contributed by atoms with Crippen LogP contribution in [-0.2, 0) is 4.79 Å². The van der Waals surface area contributed by atoms with Crippen molar-refractivity contribution < 1.29 is 9.90 Å². The number of benzene rings is 1. The van der Waals surface area contributed by atoms with E-state index in [2.05, 4.69) is 43.0 Å². The summed E-state index contributed by atoms with van der Waals surface area (Å²) in [5.74, 6) is 0.0238. The summed E-state index contributed by atoms with van der Waals surface area (Å²) < 4.78 is 0. The molecule has 1 heterocycles. The molecule has 0 spiro atoms. The number of aliphatic carboxylic acids is 1. The molecule has 1 fully saturated rings. The molecule has 1 aromatic rings. The van der Waals surface area contributed by atoms with E-state index in [0.29, 0.717) is 18.5 Å². The Bertz CT molecular complexity index is 513. The topological polar surface area (TPSA) is 40.5 Å². The summed E-state index contributed by atoms with van der Waals surface area (Å²) in [6.07, 6.45) is 2.35. The average Bonchev–Trinajstić information content (AvgIpc) is 2.81. The number of likely N-dealkylation sites (tertiary alicyclic amines) is 1. The third kappa shape index (κ3) is 2.24. The zero-order chi connectivity index (χ0) is 14.3. The van der Waals surface area contributed by atoms with Gasteiger partial charge in [-0.1, -0.05) is 38.1 Å². The van der Waals surface area contributed by atoms with E-state index in [0.717, 1.165) is 13.0 Å². The van der Waals surface area contributed by atoms with Gasteiger partial charge in [0.2, 0.25) is 0 Å². The SMILES string of the molecule is CC1CCC(N2CC(C)C(C(=O)O)C2)c2ccccc21. The number of rotatable bonds is 2. The van der Waals surface area contributed by atoms with Gasteiger partial charge in [0.1, 0.15) is 0 Å². The molecule has 108 valence electrons. The van der Waals surface area contributed by atoms with Gasteiger partial charge in [-0.05, 0) is 35.8 Å². The van der Waals surface area contributed by atoms with Gasteiger partial charge in [-0.15, -0.1) is 0 Å². The van der Waals surface area contributed by atoms with Crippen molar-refractivity contribution in [2.75, 3.05) is 13.1 Å². The van der Waals surface area contributed by atoms with Gasteiger partial charge >= 0.3 is 5.97 Å². The van der Waals surface area contributed by atoms with E-state index in [4.69, 9.17) is 0 Å². The van der Waals surface area contributed by atoms with E-state index in [9.17, 15) is 9.90 Å². The third-order valence-corrected chi connectivity index (χ3v) is 5.16. The molecule has 0 radical (unpaired) electrons. The van der Waals surface area contributed by atoms with E-state index in [1.165, 1.54) is 17.5 Å². The zero-order valence-corrected chi connectivity index (χ0v) is 12.2.